The van der Waals surface area contributed by atoms with Crippen LogP contribution in [0.5, 0.6) is 0 Å². The lowest BCUT2D eigenvalue weighted by Gasteiger charge is -2.11. The Morgan fingerprint density at radius 3 is 2.61 bits per heavy atom. The third kappa shape index (κ3) is 4.03. The van der Waals surface area contributed by atoms with Crippen molar-refractivity contribution in [1.29, 1.82) is 0 Å². The molecule has 0 aliphatic heterocycles. The normalized spacial score (nSPS) is 11.1. The Balaban J connectivity index is 1.71. The number of amides is 1. The number of anilines is 1. The Bertz CT molecular complexity index is 1350. The summed E-state index contributed by atoms with van der Waals surface area (Å²) in [5.74, 6) is -0.246. The van der Waals surface area contributed by atoms with E-state index in [0.29, 0.717) is 10.2 Å². The second kappa shape index (κ2) is 8.47. The van der Waals surface area contributed by atoms with E-state index >= 15 is 0 Å². The first kappa shape index (κ1) is 21.0. The first-order valence-electron chi connectivity index (χ1n) is 10.3. The van der Waals surface area contributed by atoms with Gasteiger partial charge in [0.1, 0.15) is 11.4 Å². The summed E-state index contributed by atoms with van der Waals surface area (Å²) in [4.78, 5) is 32.3. The summed E-state index contributed by atoms with van der Waals surface area (Å²) in [7, 11) is 0. The lowest BCUT2D eigenvalue weighted by Crippen LogP contribution is -2.28. The number of para-hydroxylation sites is 1. The van der Waals surface area contributed by atoms with Crippen LogP contribution in [0.1, 0.15) is 28.5 Å². The third-order valence-corrected chi connectivity index (χ3v) is 6.65. The fourth-order valence-corrected chi connectivity index (χ4v) is 4.79. The van der Waals surface area contributed by atoms with Crippen molar-refractivity contribution >= 4 is 33.1 Å². The van der Waals surface area contributed by atoms with Crippen molar-refractivity contribution in [3.8, 4) is 11.1 Å². The average Bonchev–Trinajstić information content (AvgIpc) is 3.09. The summed E-state index contributed by atoms with van der Waals surface area (Å²) in [5.41, 5.74) is 5.94. The Kier molecular flexibility index (Phi) is 5.74. The Morgan fingerprint density at radius 1 is 1.10 bits per heavy atom. The zero-order valence-corrected chi connectivity index (χ0v) is 19.0. The number of nitrogens with one attached hydrogen (secondary N) is 1. The van der Waals surface area contributed by atoms with Crippen LogP contribution in [0.2, 0.25) is 0 Å². The molecule has 0 atom stereocenters. The molecular weight excluding hydrogens is 406 g/mol. The van der Waals surface area contributed by atoms with Gasteiger partial charge in [-0.1, -0.05) is 43.3 Å². The smallest absolute Gasteiger partial charge is 0.263 e. The average molecular weight is 432 g/mol. The molecule has 0 radical (unpaired) electrons. The van der Waals surface area contributed by atoms with E-state index in [-0.39, 0.29) is 18.0 Å². The Labute approximate surface area is 185 Å². The van der Waals surface area contributed by atoms with Gasteiger partial charge in [0.25, 0.3) is 5.56 Å². The molecule has 0 bridgehead atoms. The first-order chi connectivity index (χ1) is 14.9. The van der Waals surface area contributed by atoms with Crippen LogP contribution in [0.3, 0.4) is 0 Å². The SMILES string of the molecule is CCc1ccccc1NC(=O)Cn1cnc2sc(C)c(-c3ccc(C)c(C)c3)c2c1=O. The molecule has 2 aromatic heterocycles. The van der Waals surface area contributed by atoms with E-state index in [0.717, 1.165) is 33.7 Å². The Hall–Kier alpha value is -3.25. The van der Waals surface area contributed by atoms with Crippen molar-refractivity contribution in [1.82, 2.24) is 9.55 Å². The molecule has 158 valence electrons. The molecule has 0 saturated carbocycles. The van der Waals surface area contributed by atoms with Gasteiger partial charge < -0.3 is 5.32 Å². The van der Waals surface area contributed by atoms with Crippen LogP contribution >= 0.6 is 11.3 Å². The molecule has 1 amide bonds. The van der Waals surface area contributed by atoms with E-state index in [9.17, 15) is 9.59 Å². The van der Waals surface area contributed by atoms with Gasteiger partial charge in [0.05, 0.1) is 11.7 Å². The largest absolute Gasteiger partial charge is 0.324 e. The van der Waals surface area contributed by atoms with Gasteiger partial charge >= 0.3 is 0 Å². The highest BCUT2D eigenvalue weighted by Gasteiger charge is 2.18. The summed E-state index contributed by atoms with van der Waals surface area (Å²) in [6.45, 7) is 8.11. The molecule has 0 aliphatic carbocycles. The number of benzene rings is 2. The van der Waals surface area contributed by atoms with E-state index in [4.69, 9.17) is 0 Å². The number of aryl methyl sites for hydroxylation is 4. The van der Waals surface area contributed by atoms with Gasteiger partial charge in [-0.25, -0.2) is 4.98 Å². The molecule has 0 saturated heterocycles. The van der Waals surface area contributed by atoms with Gasteiger partial charge in [0.2, 0.25) is 5.91 Å². The molecule has 2 heterocycles. The number of hydrogen-bond donors (Lipinski definition) is 1. The van der Waals surface area contributed by atoms with Gasteiger partial charge in [-0.15, -0.1) is 11.3 Å². The Morgan fingerprint density at radius 2 is 1.87 bits per heavy atom. The molecule has 6 heteroatoms. The lowest BCUT2D eigenvalue weighted by atomic mass is 9.99. The molecule has 0 spiro atoms. The second-order valence-electron chi connectivity index (χ2n) is 7.75. The van der Waals surface area contributed by atoms with Crippen LogP contribution in [0.15, 0.2) is 53.6 Å². The van der Waals surface area contributed by atoms with Crippen molar-refractivity contribution in [3.05, 3.63) is 80.7 Å². The van der Waals surface area contributed by atoms with E-state index in [2.05, 4.69) is 36.3 Å². The summed E-state index contributed by atoms with van der Waals surface area (Å²) in [6.07, 6.45) is 2.29. The van der Waals surface area contributed by atoms with Crippen molar-refractivity contribution in [2.45, 2.75) is 40.7 Å². The molecule has 2 aromatic carbocycles. The van der Waals surface area contributed by atoms with Gasteiger partial charge in [-0.2, -0.15) is 0 Å². The fraction of sp³-hybridized carbons (Fsp3) is 0.240. The number of carbonyl (C=O) groups is 1. The predicted octanol–water partition coefficient (Wildman–Crippen LogP) is 5.25. The minimum Gasteiger partial charge on any atom is -0.324 e. The van der Waals surface area contributed by atoms with Crippen molar-refractivity contribution in [2.24, 2.45) is 0 Å². The number of carbonyl (C=O) groups excluding carboxylic acids is 1. The van der Waals surface area contributed by atoms with Crippen LogP contribution in [0.25, 0.3) is 21.3 Å². The van der Waals surface area contributed by atoms with E-state index in [1.54, 1.807) is 0 Å². The van der Waals surface area contributed by atoms with Gasteiger partial charge in [-0.05, 0) is 55.5 Å². The molecule has 5 nitrogen and oxygen atoms in total. The highest BCUT2D eigenvalue weighted by molar-refractivity contribution is 7.19. The minimum absolute atomic E-state index is 0.0823. The molecule has 0 fully saturated rings. The highest BCUT2D eigenvalue weighted by atomic mass is 32.1. The van der Waals surface area contributed by atoms with E-state index in [1.165, 1.54) is 33.4 Å². The number of thiophene rings is 1. The number of aromatic nitrogens is 2. The topological polar surface area (TPSA) is 64.0 Å². The van der Waals surface area contributed by atoms with E-state index < -0.39 is 0 Å². The summed E-state index contributed by atoms with van der Waals surface area (Å²) in [5, 5.41) is 3.51. The van der Waals surface area contributed by atoms with Gasteiger partial charge in [0, 0.05) is 16.1 Å². The summed E-state index contributed by atoms with van der Waals surface area (Å²) in [6, 6.07) is 13.9. The molecule has 0 unspecified atom stereocenters. The van der Waals surface area contributed by atoms with Crippen LogP contribution < -0.4 is 10.9 Å². The standard InChI is InChI=1S/C25H25N3O2S/c1-5-18-8-6-7-9-20(18)27-21(29)13-28-14-26-24-23(25(28)30)22(17(4)31-24)19-11-10-15(2)16(3)12-19/h6-12,14H,5,13H2,1-4H3,(H,27,29). The number of nitrogens with zero attached hydrogens (tertiary/aromatic N) is 2. The quantitative estimate of drug-likeness (QED) is 0.469. The van der Waals surface area contributed by atoms with Crippen LogP contribution in [-0.2, 0) is 17.8 Å². The number of hydrogen-bond acceptors (Lipinski definition) is 4. The minimum atomic E-state index is -0.246. The fourth-order valence-electron chi connectivity index (χ4n) is 3.79. The maximum atomic E-state index is 13.3. The van der Waals surface area contributed by atoms with Crippen molar-refractivity contribution in [3.63, 3.8) is 0 Å². The molecule has 1 N–H and O–H groups in total. The zero-order chi connectivity index (χ0) is 22.1. The second-order valence-corrected chi connectivity index (χ2v) is 8.95. The zero-order valence-electron chi connectivity index (χ0n) is 18.2. The highest BCUT2D eigenvalue weighted by Crippen LogP contribution is 2.36. The molecule has 4 rings (SSSR count). The lowest BCUT2D eigenvalue weighted by molar-refractivity contribution is -0.116. The van der Waals surface area contributed by atoms with Crippen LogP contribution in [0, 0.1) is 20.8 Å². The summed E-state index contributed by atoms with van der Waals surface area (Å²) >= 11 is 1.51. The molecule has 4 aromatic rings. The van der Waals surface area contributed by atoms with Crippen LogP contribution in [0.4, 0.5) is 5.69 Å². The third-order valence-electron chi connectivity index (χ3n) is 5.64. The summed E-state index contributed by atoms with van der Waals surface area (Å²) < 4.78 is 1.39. The maximum Gasteiger partial charge on any atom is 0.263 e. The number of fused-ring (bicyclic) bond motifs is 1. The monoisotopic (exact) mass is 431 g/mol. The number of rotatable bonds is 5. The molecule has 0 aliphatic rings. The maximum absolute atomic E-state index is 13.3. The van der Waals surface area contributed by atoms with E-state index in [1.807, 2.05) is 44.2 Å². The predicted molar refractivity (Wildman–Crippen MR) is 128 cm³/mol. The van der Waals surface area contributed by atoms with Gasteiger partial charge in [-0.3, -0.25) is 14.2 Å². The van der Waals surface area contributed by atoms with Crippen LogP contribution in [-0.4, -0.2) is 15.5 Å². The van der Waals surface area contributed by atoms with Crippen molar-refractivity contribution in [2.75, 3.05) is 5.32 Å². The molecular formula is C25H25N3O2S. The van der Waals surface area contributed by atoms with Crippen molar-refractivity contribution < 1.29 is 4.79 Å². The molecule has 31 heavy (non-hydrogen) atoms. The first-order valence-corrected chi connectivity index (χ1v) is 11.1. The van der Waals surface area contributed by atoms with Gasteiger partial charge in [0.15, 0.2) is 0 Å².